The summed E-state index contributed by atoms with van der Waals surface area (Å²) in [6, 6.07) is 0. The lowest BCUT2D eigenvalue weighted by Crippen LogP contribution is -2.06. The van der Waals surface area contributed by atoms with Crippen molar-refractivity contribution in [2.45, 2.75) is 19.3 Å². The molecule has 0 saturated carbocycles. The molecule has 0 bridgehead atoms. The Kier molecular flexibility index (Phi) is 1.96. The summed E-state index contributed by atoms with van der Waals surface area (Å²) in [7, 11) is 0. The Morgan fingerprint density at radius 1 is 1.33 bits per heavy atom. The SMILES string of the molecule is O=C1CCC=C(C2=CCOO2)C1. The van der Waals surface area contributed by atoms with Gasteiger partial charge in [-0.2, -0.15) is 4.89 Å². The minimum Gasteiger partial charge on any atom is -0.337 e. The maximum atomic E-state index is 11.1. The topological polar surface area (TPSA) is 35.5 Å². The Morgan fingerprint density at radius 2 is 2.25 bits per heavy atom. The summed E-state index contributed by atoms with van der Waals surface area (Å²) in [5.74, 6) is 1.01. The Morgan fingerprint density at radius 3 is 2.92 bits per heavy atom. The predicted octanol–water partition coefficient (Wildman–Crippen LogP) is 1.51. The zero-order valence-corrected chi connectivity index (χ0v) is 6.71. The van der Waals surface area contributed by atoms with Gasteiger partial charge in [-0.05, 0) is 12.5 Å². The zero-order valence-electron chi connectivity index (χ0n) is 6.71. The lowest BCUT2D eigenvalue weighted by Gasteiger charge is -2.10. The molecule has 2 aliphatic rings. The minimum absolute atomic E-state index is 0.281. The fourth-order valence-electron chi connectivity index (χ4n) is 1.39. The Balaban J connectivity index is 2.12. The van der Waals surface area contributed by atoms with Gasteiger partial charge in [-0.15, -0.1) is 0 Å². The molecular formula is C9H10O3. The highest BCUT2D eigenvalue weighted by molar-refractivity contribution is 5.83. The summed E-state index contributed by atoms with van der Waals surface area (Å²) in [6.45, 7) is 0.487. The van der Waals surface area contributed by atoms with Gasteiger partial charge in [0.2, 0.25) is 0 Å². The fourth-order valence-corrected chi connectivity index (χ4v) is 1.39. The number of carbonyl (C=O) groups excluding carboxylic acids is 1. The van der Waals surface area contributed by atoms with Gasteiger partial charge in [0.1, 0.15) is 12.4 Å². The van der Waals surface area contributed by atoms with E-state index in [1.165, 1.54) is 0 Å². The van der Waals surface area contributed by atoms with Crippen molar-refractivity contribution in [3.05, 3.63) is 23.5 Å². The maximum Gasteiger partial charge on any atom is 0.167 e. The van der Waals surface area contributed by atoms with E-state index in [0.717, 1.165) is 17.8 Å². The zero-order chi connectivity index (χ0) is 8.39. The molecule has 12 heavy (non-hydrogen) atoms. The molecule has 64 valence electrons. The first-order valence-corrected chi connectivity index (χ1v) is 4.07. The van der Waals surface area contributed by atoms with Crippen molar-refractivity contribution in [3.63, 3.8) is 0 Å². The van der Waals surface area contributed by atoms with Gasteiger partial charge in [0.25, 0.3) is 0 Å². The first kappa shape index (κ1) is 7.55. The van der Waals surface area contributed by atoms with E-state index >= 15 is 0 Å². The van der Waals surface area contributed by atoms with Crippen molar-refractivity contribution >= 4 is 5.78 Å². The van der Waals surface area contributed by atoms with E-state index in [4.69, 9.17) is 9.78 Å². The van der Waals surface area contributed by atoms with Crippen LogP contribution >= 0.6 is 0 Å². The van der Waals surface area contributed by atoms with Crippen molar-refractivity contribution in [2.75, 3.05) is 6.61 Å². The highest BCUT2D eigenvalue weighted by Crippen LogP contribution is 2.24. The van der Waals surface area contributed by atoms with Crippen LogP contribution in [0.25, 0.3) is 0 Å². The van der Waals surface area contributed by atoms with Gasteiger partial charge in [-0.25, -0.2) is 0 Å². The molecule has 0 aromatic carbocycles. The molecule has 1 heterocycles. The second-order valence-corrected chi connectivity index (χ2v) is 2.92. The molecule has 0 aromatic heterocycles. The monoisotopic (exact) mass is 166 g/mol. The number of allylic oxidation sites excluding steroid dienone is 2. The highest BCUT2D eigenvalue weighted by atomic mass is 17.2. The number of carbonyl (C=O) groups is 1. The fraction of sp³-hybridized carbons (Fsp3) is 0.444. The van der Waals surface area contributed by atoms with Gasteiger partial charge < -0.3 is 4.89 Å². The maximum absolute atomic E-state index is 11.1. The Bertz CT molecular complexity index is 263. The quantitative estimate of drug-likeness (QED) is 0.554. The lowest BCUT2D eigenvalue weighted by atomic mass is 9.97. The van der Waals surface area contributed by atoms with Crippen molar-refractivity contribution in [1.29, 1.82) is 0 Å². The van der Waals surface area contributed by atoms with Crippen LogP contribution in [0.15, 0.2) is 23.5 Å². The smallest absolute Gasteiger partial charge is 0.167 e. The first-order chi connectivity index (χ1) is 5.86. The summed E-state index contributed by atoms with van der Waals surface area (Å²) in [5.41, 5.74) is 0.976. The van der Waals surface area contributed by atoms with Crippen molar-refractivity contribution in [1.82, 2.24) is 0 Å². The number of ketones is 1. The van der Waals surface area contributed by atoms with Crippen molar-refractivity contribution in [3.8, 4) is 0 Å². The molecule has 0 amide bonds. The Labute approximate surface area is 70.6 Å². The van der Waals surface area contributed by atoms with E-state index in [2.05, 4.69) is 0 Å². The molecule has 1 aliphatic carbocycles. The number of Topliss-reactive ketones (excluding diaryl/α,β-unsaturated/α-hetero) is 1. The number of hydrogen-bond donors (Lipinski definition) is 0. The molecule has 0 radical (unpaired) electrons. The van der Waals surface area contributed by atoms with Crippen molar-refractivity contribution in [2.24, 2.45) is 0 Å². The summed E-state index contributed by atoms with van der Waals surface area (Å²) >= 11 is 0. The van der Waals surface area contributed by atoms with Crippen LogP contribution in [0.3, 0.4) is 0 Å². The highest BCUT2D eigenvalue weighted by Gasteiger charge is 2.18. The van der Waals surface area contributed by atoms with E-state index in [0.29, 0.717) is 19.4 Å². The number of rotatable bonds is 1. The van der Waals surface area contributed by atoms with E-state index in [1.54, 1.807) is 0 Å². The van der Waals surface area contributed by atoms with Crippen LogP contribution in [0.4, 0.5) is 0 Å². The molecule has 0 spiro atoms. The van der Waals surface area contributed by atoms with E-state index in [-0.39, 0.29) is 5.78 Å². The van der Waals surface area contributed by atoms with Gasteiger partial charge in [-0.1, -0.05) is 6.08 Å². The standard InChI is InChI=1S/C9H10O3/c10-8-3-1-2-7(6-8)9-4-5-11-12-9/h2,4H,1,3,5-6H2. The predicted molar refractivity (Wildman–Crippen MR) is 42.1 cm³/mol. The van der Waals surface area contributed by atoms with Gasteiger partial charge in [0, 0.05) is 18.4 Å². The normalized spacial score (nSPS) is 23.2. The lowest BCUT2D eigenvalue weighted by molar-refractivity contribution is -0.231. The second-order valence-electron chi connectivity index (χ2n) is 2.92. The summed E-state index contributed by atoms with van der Waals surface area (Å²) in [5, 5.41) is 0. The second kappa shape index (κ2) is 3.11. The molecule has 2 rings (SSSR count). The molecule has 0 N–H and O–H groups in total. The largest absolute Gasteiger partial charge is 0.337 e. The van der Waals surface area contributed by atoms with E-state index in [1.807, 2.05) is 12.2 Å². The average Bonchev–Trinajstić information content (AvgIpc) is 2.56. The van der Waals surface area contributed by atoms with Gasteiger partial charge in [0.15, 0.2) is 5.76 Å². The first-order valence-electron chi connectivity index (χ1n) is 4.07. The minimum atomic E-state index is 0.281. The third-order valence-corrected chi connectivity index (χ3v) is 2.00. The molecular weight excluding hydrogens is 156 g/mol. The molecule has 1 aliphatic heterocycles. The summed E-state index contributed by atoms with van der Waals surface area (Å²) < 4.78 is 0. The summed E-state index contributed by atoms with van der Waals surface area (Å²) in [4.78, 5) is 20.6. The van der Waals surface area contributed by atoms with Crippen LogP contribution in [-0.4, -0.2) is 12.4 Å². The Hall–Kier alpha value is -1.09. The summed E-state index contributed by atoms with van der Waals surface area (Å²) in [6.07, 6.45) is 5.88. The van der Waals surface area contributed by atoms with Crippen LogP contribution in [0, 0.1) is 0 Å². The molecule has 0 fully saturated rings. The third-order valence-electron chi connectivity index (χ3n) is 2.00. The van der Waals surface area contributed by atoms with Crippen LogP contribution in [-0.2, 0) is 14.6 Å². The van der Waals surface area contributed by atoms with E-state index < -0.39 is 0 Å². The average molecular weight is 166 g/mol. The molecule has 3 nitrogen and oxygen atoms in total. The third kappa shape index (κ3) is 1.41. The van der Waals surface area contributed by atoms with Crippen LogP contribution in [0.2, 0.25) is 0 Å². The number of hydrogen-bond acceptors (Lipinski definition) is 3. The van der Waals surface area contributed by atoms with Gasteiger partial charge in [-0.3, -0.25) is 4.79 Å². The van der Waals surface area contributed by atoms with Crippen molar-refractivity contribution < 1.29 is 14.6 Å². The molecule has 3 heteroatoms. The van der Waals surface area contributed by atoms with E-state index in [9.17, 15) is 4.79 Å². The van der Waals surface area contributed by atoms with Gasteiger partial charge in [0.05, 0.1) is 0 Å². The molecule has 0 saturated heterocycles. The van der Waals surface area contributed by atoms with Crippen LogP contribution in [0.1, 0.15) is 19.3 Å². The van der Waals surface area contributed by atoms with Gasteiger partial charge >= 0.3 is 0 Å². The molecule has 0 atom stereocenters. The van der Waals surface area contributed by atoms with Crippen LogP contribution in [0.5, 0.6) is 0 Å². The van der Waals surface area contributed by atoms with Crippen LogP contribution < -0.4 is 0 Å². The molecule has 0 aromatic rings. The molecule has 0 unspecified atom stereocenters.